The number of benzene rings is 2. The molecule has 0 amide bonds. The van der Waals surface area contributed by atoms with Gasteiger partial charge in [0.1, 0.15) is 17.3 Å². The van der Waals surface area contributed by atoms with Crippen LogP contribution < -0.4 is 9.47 Å². The number of ether oxygens (including phenoxy) is 3. The lowest BCUT2D eigenvalue weighted by Crippen LogP contribution is -2.13. The number of carbonyl (C=O) groups excluding carboxylic acids is 1. The van der Waals surface area contributed by atoms with Crippen LogP contribution in [0.3, 0.4) is 0 Å². The van der Waals surface area contributed by atoms with E-state index >= 15 is 0 Å². The fourth-order valence-corrected chi connectivity index (χ4v) is 2.87. The zero-order valence-corrected chi connectivity index (χ0v) is 16.5. The van der Waals surface area contributed by atoms with Crippen LogP contribution in [-0.4, -0.2) is 36.1 Å². The maximum absolute atomic E-state index is 12.7. The number of hydrogen-bond donors (Lipinski definition) is 0. The number of nitrogens with zero attached hydrogens (tertiary/aromatic N) is 3. The summed E-state index contributed by atoms with van der Waals surface area (Å²) in [6.07, 6.45) is 0.768. The standard InChI is InChI=1S/C22H21N3O4/c1-15(12-23)29-22(26)18-14-25(13-16-7-5-4-6-8-16)24-21(18)17-9-10-19(27-2)20(11-17)28-3/h4-11,14-15H,13H2,1-3H3/t15-/m1/s1. The number of aromatic nitrogens is 2. The number of carbonyl (C=O) groups is 1. The van der Waals surface area contributed by atoms with E-state index in [1.807, 2.05) is 36.4 Å². The molecule has 0 spiro atoms. The average Bonchev–Trinajstić information content (AvgIpc) is 3.17. The molecular formula is C22H21N3O4. The summed E-state index contributed by atoms with van der Waals surface area (Å²) in [7, 11) is 3.09. The van der Waals surface area contributed by atoms with E-state index in [2.05, 4.69) is 5.10 Å². The molecule has 7 heteroatoms. The second kappa shape index (κ2) is 8.93. The minimum Gasteiger partial charge on any atom is -0.493 e. The van der Waals surface area contributed by atoms with Crippen molar-refractivity contribution in [2.75, 3.05) is 14.2 Å². The molecule has 1 heterocycles. The monoisotopic (exact) mass is 391 g/mol. The van der Waals surface area contributed by atoms with E-state index in [-0.39, 0.29) is 5.56 Å². The number of hydrogen-bond acceptors (Lipinski definition) is 6. The first kappa shape index (κ1) is 20.0. The first-order chi connectivity index (χ1) is 14.0. The molecule has 7 nitrogen and oxygen atoms in total. The highest BCUT2D eigenvalue weighted by Gasteiger charge is 2.22. The quantitative estimate of drug-likeness (QED) is 0.571. The molecule has 3 aromatic rings. The molecule has 0 aliphatic rings. The van der Waals surface area contributed by atoms with Gasteiger partial charge >= 0.3 is 5.97 Å². The lowest BCUT2D eigenvalue weighted by Gasteiger charge is -2.10. The van der Waals surface area contributed by atoms with Gasteiger partial charge in [-0.15, -0.1) is 0 Å². The summed E-state index contributed by atoms with van der Waals surface area (Å²) in [6.45, 7) is 2.00. The molecule has 0 bridgehead atoms. The second-order valence-electron chi connectivity index (χ2n) is 6.32. The minimum atomic E-state index is -0.863. The van der Waals surface area contributed by atoms with Crippen LogP contribution in [0.25, 0.3) is 11.3 Å². The summed E-state index contributed by atoms with van der Waals surface area (Å²) in [5.74, 6) is 0.484. The summed E-state index contributed by atoms with van der Waals surface area (Å²) in [5, 5.41) is 13.6. The smallest absolute Gasteiger partial charge is 0.343 e. The maximum atomic E-state index is 12.7. The molecule has 0 unspecified atom stereocenters. The third-order valence-electron chi connectivity index (χ3n) is 4.29. The van der Waals surface area contributed by atoms with Crippen LogP contribution in [0.4, 0.5) is 0 Å². The highest BCUT2D eigenvalue weighted by atomic mass is 16.5. The molecule has 0 saturated heterocycles. The fourth-order valence-electron chi connectivity index (χ4n) is 2.87. The van der Waals surface area contributed by atoms with Gasteiger partial charge in [0, 0.05) is 11.8 Å². The Morgan fingerprint density at radius 1 is 1.14 bits per heavy atom. The van der Waals surface area contributed by atoms with E-state index in [9.17, 15) is 4.79 Å². The fraction of sp³-hybridized carbons (Fsp3) is 0.227. The van der Waals surface area contributed by atoms with Crippen molar-refractivity contribution in [3.63, 3.8) is 0 Å². The van der Waals surface area contributed by atoms with Crippen LogP contribution in [0.1, 0.15) is 22.8 Å². The zero-order chi connectivity index (χ0) is 20.8. The lowest BCUT2D eigenvalue weighted by atomic mass is 10.1. The molecule has 0 fully saturated rings. The van der Waals surface area contributed by atoms with Gasteiger partial charge in [0.05, 0.1) is 20.8 Å². The Balaban J connectivity index is 2.03. The highest BCUT2D eigenvalue weighted by molar-refractivity contribution is 5.96. The summed E-state index contributed by atoms with van der Waals surface area (Å²) < 4.78 is 17.5. The normalized spacial score (nSPS) is 11.4. The van der Waals surface area contributed by atoms with Gasteiger partial charge in [-0.1, -0.05) is 30.3 Å². The first-order valence-corrected chi connectivity index (χ1v) is 9.00. The Bertz CT molecular complexity index is 1040. The van der Waals surface area contributed by atoms with Crippen molar-refractivity contribution >= 4 is 5.97 Å². The zero-order valence-electron chi connectivity index (χ0n) is 16.5. The Hall–Kier alpha value is -3.79. The van der Waals surface area contributed by atoms with Crippen molar-refractivity contribution in [3.8, 4) is 28.8 Å². The molecule has 2 aromatic carbocycles. The summed E-state index contributed by atoms with van der Waals surface area (Å²) >= 11 is 0. The van der Waals surface area contributed by atoms with Crippen molar-refractivity contribution in [2.45, 2.75) is 19.6 Å². The van der Waals surface area contributed by atoms with Gasteiger partial charge in [-0.05, 0) is 30.7 Å². The number of nitriles is 1. The molecule has 0 aliphatic heterocycles. The van der Waals surface area contributed by atoms with Crippen LogP contribution in [0, 0.1) is 11.3 Å². The van der Waals surface area contributed by atoms with Crippen molar-refractivity contribution in [2.24, 2.45) is 0 Å². The van der Waals surface area contributed by atoms with E-state index in [0.717, 1.165) is 5.56 Å². The Labute approximate surface area is 169 Å². The Morgan fingerprint density at radius 2 is 1.86 bits per heavy atom. The minimum absolute atomic E-state index is 0.273. The van der Waals surface area contributed by atoms with Crippen LogP contribution >= 0.6 is 0 Å². The van der Waals surface area contributed by atoms with E-state index in [4.69, 9.17) is 19.5 Å². The van der Waals surface area contributed by atoms with Gasteiger partial charge in [0.15, 0.2) is 17.6 Å². The summed E-state index contributed by atoms with van der Waals surface area (Å²) in [4.78, 5) is 12.7. The molecule has 0 aliphatic carbocycles. The molecule has 148 valence electrons. The Morgan fingerprint density at radius 3 is 2.52 bits per heavy atom. The molecule has 1 aromatic heterocycles. The third kappa shape index (κ3) is 4.55. The lowest BCUT2D eigenvalue weighted by molar-refractivity contribution is 0.0436. The van der Waals surface area contributed by atoms with Crippen LogP contribution in [-0.2, 0) is 11.3 Å². The van der Waals surface area contributed by atoms with Crippen molar-refractivity contribution in [1.82, 2.24) is 9.78 Å². The molecule has 0 saturated carbocycles. The molecule has 0 N–H and O–H groups in total. The first-order valence-electron chi connectivity index (χ1n) is 9.00. The Kier molecular flexibility index (Phi) is 6.15. The third-order valence-corrected chi connectivity index (χ3v) is 4.29. The number of esters is 1. The molecule has 29 heavy (non-hydrogen) atoms. The van der Waals surface area contributed by atoms with Gasteiger partial charge in [0.2, 0.25) is 0 Å². The number of methoxy groups -OCH3 is 2. The molecule has 1 atom stereocenters. The van der Waals surface area contributed by atoms with Gasteiger partial charge in [-0.2, -0.15) is 10.4 Å². The second-order valence-corrected chi connectivity index (χ2v) is 6.32. The largest absolute Gasteiger partial charge is 0.493 e. The van der Waals surface area contributed by atoms with Gasteiger partial charge in [-0.3, -0.25) is 4.68 Å². The van der Waals surface area contributed by atoms with Crippen molar-refractivity contribution < 1.29 is 19.0 Å². The van der Waals surface area contributed by atoms with E-state index in [1.165, 1.54) is 6.92 Å². The average molecular weight is 391 g/mol. The highest BCUT2D eigenvalue weighted by Crippen LogP contribution is 2.33. The molecule has 3 rings (SSSR count). The van der Waals surface area contributed by atoms with E-state index in [1.54, 1.807) is 43.3 Å². The maximum Gasteiger partial charge on any atom is 0.343 e. The van der Waals surface area contributed by atoms with Gasteiger partial charge in [-0.25, -0.2) is 4.79 Å². The van der Waals surface area contributed by atoms with E-state index < -0.39 is 12.1 Å². The molecule has 0 radical (unpaired) electrons. The molecular weight excluding hydrogens is 370 g/mol. The van der Waals surface area contributed by atoms with Crippen molar-refractivity contribution in [1.29, 1.82) is 5.26 Å². The predicted molar refractivity (Wildman–Crippen MR) is 107 cm³/mol. The van der Waals surface area contributed by atoms with Gasteiger partial charge in [0.25, 0.3) is 0 Å². The van der Waals surface area contributed by atoms with Gasteiger partial charge < -0.3 is 14.2 Å². The van der Waals surface area contributed by atoms with Crippen molar-refractivity contribution in [3.05, 3.63) is 65.9 Å². The summed E-state index contributed by atoms with van der Waals surface area (Å²) in [5.41, 5.74) is 2.43. The van der Waals surface area contributed by atoms with Crippen LogP contribution in [0.15, 0.2) is 54.7 Å². The van der Waals surface area contributed by atoms with E-state index in [0.29, 0.717) is 29.3 Å². The SMILES string of the molecule is COc1ccc(-c2nn(Cc3ccccc3)cc2C(=O)O[C@H](C)C#N)cc1OC. The topological polar surface area (TPSA) is 86.4 Å². The predicted octanol–water partition coefficient (Wildman–Crippen LogP) is 3.68. The van der Waals surface area contributed by atoms with Crippen LogP contribution in [0.2, 0.25) is 0 Å². The van der Waals surface area contributed by atoms with Crippen LogP contribution in [0.5, 0.6) is 11.5 Å². The number of rotatable bonds is 7. The summed E-state index contributed by atoms with van der Waals surface area (Å²) in [6, 6.07) is 17.0.